The van der Waals surface area contributed by atoms with Crippen molar-refractivity contribution < 1.29 is 27.8 Å². The summed E-state index contributed by atoms with van der Waals surface area (Å²) in [6.45, 7) is 2.46. The molecule has 0 aliphatic carbocycles. The van der Waals surface area contributed by atoms with E-state index in [1.165, 1.54) is 48.0 Å². The number of ether oxygens (including phenoxy) is 2. The summed E-state index contributed by atoms with van der Waals surface area (Å²) in [5.41, 5.74) is 2.46. The molecule has 156 valence electrons. The van der Waals surface area contributed by atoms with Crippen LogP contribution in [-0.2, 0) is 14.3 Å². The van der Waals surface area contributed by atoms with Gasteiger partial charge in [-0.15, -0.1) is 11.8 Å². The standard InChI is InChI=1S/C21H23F2NO4S/c1-13-8-9-16(12-14(13)2)29-11-10-19(25)27-15(3)20(26)24-17-6-4-5-7-18(17)28-21(22)23/h4-9,12,15,21H,10-11H2,1-3H3,(H,24,26). The van der Waals surface area contributed by atoms with Gasteiger partial charge in [-0.2, -0.15) is 8.78 Å². The van der Waals surface area contributed by atoms with Gasteiger partial charge in [-0.05, 0) is 56.2 Å². The minimum absolute atomic E-state index is 0.0750. The lowest BCUT2D eigenvalue weighted by atomic mass is 10.1. The maximum atomic E-state index is 12.4. The summed E-state index contributed by atoms with van der Waals surface area (Å²) in [6.07, 6.45) is -0.936. The summed E-state index contributed by atoms with van der Waals surface area (Å²) < 4.78 is 34.4. The van der Waals surface area contributed by atoms with Crippen LogP contribution < -0.4 is 10.1 Å². The molecule has 0 aliphatic rings. The number of esters is 1. The molecule has 0 saturated heterocycles. The first-order valence-electron chi connectivity index (χ1n) is 9.00. The molecule has 0 radical (unpaired) electrons. The van der Waals surface area contributed by atoms with E-state index in [1.54, 1.807) is 6.07 Å². The highest BCUT2D eigenvalue weighted by atomic mass is 32.2. The third kappa shape index (κ3) is 7.38. The first kappa shape index (κ1) is 22.7. The van der Waals surface area contributed by atoms with Crippen LogP contribution in [-0.4, -0.2) is 30.3 Å². The van der Waals surface area contributed by atoms with Gasteiger partial charge in [0.2, 0.25) is 0 Å². The number of alkyl halides is 2. The Morgan fingerprint density at radius 2 is 1.83 bits per heavy atom. The van der Waals surface area contributed by atoms with Gasteiger partial charge in [-0.25, -0.2) is 0 Å². The zero-order valence-corrected chi connectivity index (χ0v) is 17.2. The Morgan fingerprint density at radius 3 is 2.52 bits per heavy atom. The van der Waals surface area contributed by atoms with Crippen molar-refractivity contribution in [3.05, 3.63) is 53.6 Å². The Hall–Kier alpha value is -2.61. The normalized spacial score (nSPS) is 11.8. The molecular weight excluding hydrogens is 400 g/mol. The molecule has 0 bridgehead atoms. The maximum absolute atomic E-state index is 12.4. The number of hydrogen-bond donors (Lipinski definition) is 1. The Kier molecular flexibility index (Phi) is 8.45. The maximum Gasteiger partial charge on any atom is 0.387 e. The molecular formula is C21H23F2NO4S. The topological polar surface area (TPSA) is 64.6 Å². The number of amides is 1. The van der Waals surface area contributed by atoms with Gasteiger partial charge in [0, 0.05) is 10.6 Å². The largest absolute Gasteiger partial charge is 0.453 e. The predicted octanol–water partition coefficient (Wildman–Crippen LogP) is 4.96. The molecule has 8 heteroatoms. The zero-order valence-electron chi connectivity index (χ0n) is 16.4. The van der Waals surface area contributed by atoms with E-state index in [1.807, 2.05) is 26.0 Å². The van der Waals surface area contributed by atoms with Gasteiger partial charge in [0.05, 0.1) is 12.1 Å². The third-order valence-electron chi connectivity index (χ3n) is 4.09. The highest BCUT2D eigenvalue weighted by Crippen LogP contribution is 2.26. The highest BCUT2D eigenvalue weighted by molar-refractivity contribution is 7.99. The van der Waals surface area contributed by atoms with E-state index in [9.17, 15) is 18.4 Å². The second-order valence-electron chi connectivity index (χ2n) is 6.34. The van der Waals surface area contributed by atoms with Crippen molar-refractivity contribution in [3.8, 4) is 5.75 Å². The number of carbonyl (C=O) groups is 2. The summed E-state index contributed by atoms with van der Waals surface area (Å²) in [6, 6.07) is 11.9. The third-order valence-corrected chi connectivity index (χ3v) is 5.09. The lowest BCUT2D eigenvalue weighted by Crippen LogP contribution is -2.30. The van der Waals surface area contributed by atoms with Crippen LogP contribution in [0.2, 0.25) is 0 Å². The molecule has 2 rings (SSSR count). The van der Waals surface area contributed by atoms with E-state index >= 15 is 0 Å². The minimum atomic E-state index is -3.02. The number of carbonyl (C=O) groups excluding carboxylic acids is 2. The molecule has 2 aromatic carbocycles. The van der Waals surface area contributed by atoms with Gasteiger partial charge in [-0.1, -0.05) is 18.2 Å². The van der Waals surface area contributed by atoms with E-state index in [2.05, 4.69) is 16.1 Å². The molecule has 0 fully saturated rings. The van der Waals surface area contributed by atoms with Crippen molar-refractivity contribution in [1.82, 2.24) is 0 Å². The number of para-hydroxylation sites is 2. The molecule has 1 atom stereocenters. The van der Waals surface area contributed by atoms with Crippen molar-refractivity contribution in [2.45, 2.75) is 44.8 Å². The molecule has 29 heavy (non-hydrogen) atoms. The molecule has 0 aromatic heterocycles. The van der Waals surface area contributed by atoms with Gasteiger partial charge in [-0.3, -0.25) is 9.59 Å². The molecule has 5 nitrogen and oxygen atoms in total. The Labute approximate surface area is 172 Å². The van der Waals surface area contributed by atoms with Crippen molar-refractivity contribution in [2.75, 3.05) is 11.1 Å². The minimum Gasteiger partial charge on any atom is -0.453 e. The lowest BCUT2D eigenvalue weighted by molar-refractivity contribution is -0.152. The van der Waals surface area contributed by atoms with Crippen LogP contribution in [0.3, 0.4) is 0 Å². The quantitative estimate of drug-likeness (QED) is 0.456. The van der Waals surface area contributed by atoms with Crippen LogP contribution in [0.25, 0.3) is 0 Å². The summed E-state index contributed by atoms with van der Waals surface area (Å²) in [4.78, 5) is 25.3. The van der Waals surface area contributed by atoms with Gasteiger partial charge >= 0.3 is 12.6 Å². The molecule has 0 heterocycles. The fourth-order valence-corrected chi connectivity index (χ4v) is 3.30. The molecule has 0 spiro atoms. The summed E-state index contributed by atoms with van der Waals surface area (Å²) >= 11 is 1.53. The number of thioether (sulfide) groups is 1. The van der Waals surface area contributed by atoms with Gasteiger partial charge in [0.1, 0.15) is 5.75 Å². The molecule has 0 saturated carbocycles. The number of rotatable bonds is 9. The Balaban J connectivity index is 1.81. The van der Waals surface area contributed by atoms with Gasteiger partial charge < -0.3 is 14.8 Å². The number of benzene rings is 2. The summed E-state index contributed by atoms with van der Waals surface area (Å²) in [5, 5.41) is 2.43. The summed E-state index contributed by atoms with van der Waals surface area (Å²) in [7, 11) is 0. The van der Waals surface area contributed by atoms with Crippen molar-refractivity contribution in [2.24, 2.45) is 0 Å². The van der Waals surface area contributed by atoms with Gasteiger partial charge in [0.25, 0.3) is 5.91 Å². The summed E-state index contributed by atoms with van der Waals surface area (Å²) in [5.74, 6) is -0.800. The van der Waals surface area contributed by atoms with Crippen molar-refractivity contribution in [1.29, 1.82) is 0 Å². The molecule has 0 aliphatic heterocycles. The predicted molar refractivity (Wildman–Crippen MR) is 109 cm³/mol. The average molecular weight is 423 g/mol. The first-order chi connectivity index (χ1) is 13.8. The fourth-order valence-electron chi connectivity index (χ4n) is 2.37. The smallest absolute Gasteiger partial charge is 0.387 e. The highest BCUT2D eigenvalue weighted by Gasteiger charge is 2.20. The number of nitrogens with one attached hydrogen (secondary N) is 1. The monoisotopic (exact) mass is 423 g/mol. The Bertz CT molecular complexity index is 860. The number of aryl methyl sites for hydroxylation is 2. The van der Waals surface area contributed by atoms with E-state index in [0.29, 0.717) is 5.75 Å². The second kappa shape index (κ2) is 10.8. The van der Waals surface area contributed by atoms with Crippen LogP contribution in [0, 0.1) is 13.8 Å². The van der Waals surface area contributed by atoms with E-state index in [-0.39, 0.29) is 17.9 Å². The SMILES string of the molecule is Cc1ccc(SCCC(=O)OC(C)C(=O)Nc2ccccc2OC(F)F)cc1C. The molecule has 1 unspecified atom stereocenters. The van der Waals surface area contributed by atoms with Crippen LogP contribution in [0.5, 0.6) is 5.75 Å². The van der Waals surface area contributed by atoms with E-state index in [0.717, 1.165) is 4.90 Å². The van der Waals surface area contributed by atoms with E-state index in [4.69, 9.17) is 4.74 Å². The van der Waals surface area contributed by atoms with Crippen LogP contribution >= 0.6 is 11.8 Å². The number of halogens is 2. The van der Waals surface area contributed by atoms with Crippen molar-refractivity contribution >= 4 is 29.3 Å². The van der Waals surface area contributed by atoms with Crippen LogP contribution in [0.1, 0.15) is 24.5 Å². The van der Waals surface area contributed by atoms with E-state index < -0.39 is 24.6 Å². The molecule has 2 aromatic rings. The Morgan fingerprint density at radius 1 is 1.10 bits per heavy atom. The second-order valence-corrected chi connectivity index (χ2v) is 7.51. The average Bonchev–Trinajstić information content (AvgIpc) is 2.65. The van der Waals surface area contributed by atoms with Crippen LogP contribution in [0.4, 0.5) is 14.5 Å². The van der Waals surface area contributed by atoms with Gasteiger partial charge in [0.15, 0.2) is 6.10 Å². The number of anilines is 1. The van der Waals surface area contributed by atoms with Crippen LogP contribution in [0.15, 0.2) is 47.4 Å². The zero-order chi connectivity index (χ0) is 21.4. The first-order valence-corrected chi connectivity index (χ1v) is 9.99. The molecule has 1 amide bonds. The fraction of sp³-hybridized carbons (Fsp3) is 0.333. The number of hydrogen-bond acceptors (Lipinski definition) is 5. The molecule has 1 N–H and O–H groups in total. The lowest BCUT2D eigenvalue weighted by Gasteiger charge is -2.15. The van der Waals surface area contributed by atoms with Crippen molar-refractivity contribution in [3.63, 3.8) is 0 Å².